The molecule has 0 aliphatic carbocycles. The Labute approximate surface area is 170 Å². The minimum Gasteiger partial charge on any atom is -0.267 e. The Hall–Kier alpha value is -2.62. The molecule has 0 saturated heterocycles. The van der Waals surface area contributed by atoms with Crippen molar-refractivity contribution in [2.24, 2.45) is 0 Å². The molecule has 0 unspecified atom stereocenters. The van der Waals surface area contributed by atoms with Gasteiger partial charge in [-0.3, -0.25) is 4.79 Å². The van der Waals surface area contributed by atoms with Gasteiger partial charge in [-0.2, -0.15) is 8.75 Å². The lowest BCUT2D eigenvalue weighted by Crippen LogP contribution is -2.31. The summed E-state index contributed by atoms with van der Waals surface area (Å²) in [5.74, 6) is -0.971. The Morgan fingerprint density at radius 1 is 1.07 bits per heavy atom. The lowest BCUT2D eigenvalue weighted by Gasteiger charge is -2.08. The highest BCUT2D eigenvalue weighted by Crippen LogP contribution is 2.29. The summed E-state index contributed by atoms with van der Waals surface area (Å²) in [4.78, 5) is 13.0. The van der Waals surface area contributed by atoms with E-state index < -0.39 is 15.9 Å². The second-order valence-electron chi connectivity index (χ2n) is 6.27. The molecule has 2 aromatic carbocycles. The first-order chi connectivity index (χ1) is 13.4. The number of hydrogen-bond acceptors (Lipinski definition) is 7. The zero-order valence-electron chi connectivity index (χ0n) is 14.7. The summed E-state index contributed by atoms with van der Waals surface area (Å²) in [6.07, 6.45) is 0. The molecule has 9 heteroatoms. The number of fused-ring (bicyclic) bond motifs is 1. The van der Waals surface area contributed by atoms with Crippen LogP contribution in [0.4, 0.5) is 0 Å². The average Bonchev–Trinajstić information content (AvgIpc) is 3.31. The van der Waals surface area contributed by atoms with Crippen molar-refractivity contribution in [2.45, 2.75) is 12.7 Å². The van der Waals surface area contributed by atoms with Crippen LogP contribution in [-0.4, -0.2) is 23.1 Å². The zero-order chi connectivity index (χ0) is 19.7. The summed E-state index contributed by atoms with van der Waals surface area (Å²) >= 11 is 2.24. The molecule has 6 nitrogen and oxygen atoms in total. The molecule has 0 bridgehead atoms. The summed E-state index contributed by atoms with van der Waals surface area (Å²) in [6, 6.07) is 14.7. The highest BCUT2D eigenvalue weighted by molar-refractivity contribution is 7.89. The SMILES string of the molecule is Cc1ccc(-c2ccsc2C(=O)NS(=O)(=O)Cc2cccc3nsnc23)cc1. The predicted octanol–water partition coefficient (Wildman–Crippen LogP) is 3.99. The van der Waals surface area contributed by atoms with Crippen LogP contribution >= 0.6 is 23.1 Å². The lowest BCUT2D eigenvalue weighted by molar-refractivity contribution is 0.0986. The highest BCUT2D eigenvalue weighted by atomic mass is 32.2. The van der Waals surface area contributed by atoms with Gasteiger partial charge in [0.15, 0.2) is 0 Å². The van der Waals surface area contributed by atoms with Crippen LogP contribution in [0, 0.1) is 6.92 Å². The quantitative estimate of drug-likeness (QED) is 0.518. The van der Waals surface area contributed by atoms with E-state index in [2.05, 4.69) is 13.5 Å². The molecule has 1 N–H and O–H groups in total. The van der Waals surface area contributed by atoms with Gasteiger partial charge >= 0.3 is 0 Å². The Kier molecular flexibility index (Phi) is 4.96. The van der Waals surface area contributed by atoms with Crippen LogP contribution in [-0.2, 0) is 15.8 Å². The molecular formula is C19H15N3O3S3. The van der Waals surface area contributed by atoms with Gasteiger partial charge in [0.25, 0.3) is 5.91 Å². The summed E-state index contributed by atoms with van der Waals surface area (Å²) in [6.45, 7) is 1.98. The Morgan fingerprint density at radius 2 is 1.86 bits per heavy atom. The summed E-state index contributed by atoms with van der Waals surface area (Å²) in [5, 5.41) is 1.78. The third-order valence-electron chi connectivity index (χ3n) is 4.20. The summed E-state index contributed by atoms with van der Waals surface area (Å²) in [5.41, 5.74) is 4.39. The van der Waals surface area contributed by atoms with Crippen molar-refractivity contribution in [3.63, 3.8) is 0 Å². The molecule has 0 spiro atoms. The fraction of sp³-hybridized carbons (Fsp3) is 0.105. The molecular weight excluding hydrogens is 414 g/mol. The molecule has 2 heterocycles. The molecule has 142 valence electrons. The van der Waals surface area contributed by atoms with E-state index in [0.717, 1.165) is 22.9 Å². The number of nitrogens with one attached hydrogen (secondary N) is 1. The molecule has 1 amide bonds. The molecule has 28 heavy (non-hydrogen) atoms. The normalized spacial score (nSPS) is 11.6. The number of aryl methyl sites for hydroxylation is 1. The minimum atomic E-state index is -3.89. The largest absolute Gasteiger partial charge is 0.275 e. The molecule has 4 aromatic rings. The first-order valence-electron chi connectivity index (χ1n) is 8.32. The fourth-order valence-corrected chi connectivity index (χ4v) is 5.40. The van der Waals surface area contributed by atoms with Gasteiger partial charge in [-0.25, -0.2) is 13.1 Å². The second-order valence-corrected chi connectivity index (χ2v) is 9.44. The van der Waals surface area contributed by atoms with E-state index in [1.807, 2.05) is 37.3 Å². The summed E-state index contributed by atoms with van der Waals surface area (Å²) < 4.78 is 35.6. The maximum absolute atomic E-state index is 12.7. The van der Waals surface area contributed by atoms with E-state index in [1.165, 1.54) is 11.3 Å². The summed E-state index contributed by atoms with van der Waals surface area (Å²) in [7, 11) is -3.89. The van der Waals surface area contributed by atoms with Crippen LogP contribution in [0.15, 0.2) is 53.9 Å². The van der Waals surface area contributed by atoms with E-state index in [1.54, 1.807) is 23.6 Å². The van der Waals surface area contributed by atoms with E-state index in [-0.39, 0.29) is 5.75 Å². The van der Waals surface area contributed by atoms with Crippen molar-refractivity contribution in [3.8, 4) is 11.1 Å². The van der Waals surface area contributed by atoms with Gasteiger partial charge in [0.2, 0.25) is 10.0 Å². The average molecular weight is 430 g/mol. The van der Waals surface area contributed by atoms with Gasteiger partial charge in [0.1, 0.15) is 15.9 Å². The number of carbonyl (C=O) groups is 1. The first-order valence-corrected chi connectivity index (χ1v) is 11.6. The number of carbonyl (C=O) groups excluding carboxylic acids is 1. The maximum Gasteiger partial charge on any atom is 0.275 e. The van der Waals surface area contributed by atoms with Crippen molar-refractivity contribution in [2.75, 3.05) is 0 Å². The number of amides is 1. The Bertz CT molecular complexity index is 1260. The number of thiophene rings is 1. The van der Waals surface area contributed by atoms with Crippen LogP contribution in [0.2, 0.25) is 0 Å². The fourth-order valence-electron chi connectivity index (χ4n) is 2.85. The number of benzene rings is 2. The van der Waals surface area contributed by atoms with Gasteiger partial charge in [-0.1, -0.05) is 42.0 Å². The van der Waals surface area contributed by atoms with Crippen LogP contribution < -0.4 is 4.72 Å². The molecule has 0 saturated carbocycles. The van der Waals surface area contributed by atoms with Crippen molar-refractivity contribution < 1.29 is 13.2 Å². The molecule has 2 aromatic heterocycles. The third kappa shape index (κ3) is 3.82. The number of hydrogen-bond donors (Lipinski definition) is 1. The highest BCUT2D eigenvalue weighted by Gasteiger charge is 2.22. The first kappa shape index (κ1) is 18.7. The molecule has 0 aliphatic heterocycles. The standard InChI is InChI=1S/C19H15N3O3S3/c1-12-5-7-13(8-6-12)15-9-10-26-18(15)19(23)22-28(24,25)11-14-3-2-4-16-17(14)21-27-20-16/h2-10H,11H2,1H3,(H,22,23). The van der Waals surface area contributed by atoms with E-state index in [0.29, 0.717) is 27.0 Å². The minimum absolute atomic E-state index is 0.341. The van der Waals surface area contributed by atoms with Crippen molar-refractivity contribution in [1.82, 2.24) is 13.5 Å². The van der Waals surface area contributed by atoms with Crippen LogP contribution in [0.25, 0.3) is 22.2 Å². The number of rotatable bonds is 5. The van der Waals surface area contributed by atoms with Gasteiger partial charge in [0.05, 0.1) is 17.5 Å². The molecule has 4 rings (SSSR count). The van der Waals surface area contributed by atoms with E-state index in [4.69, 9.17) is 0 Å². The zero-order valence-corrected chi connectivity index (χ0v) is 17.2. The van der Waals surface area contributed by atoms with Gasteiger partial charge in [0, 0.05) is 5.56 Å². The lowest BCUT2D eigenvalue weighted by atomic mass is 10.1. The number of sulfonamides is 1. The van der Waals surface area contributed by atoms with E-state index >= 15 is 0 Å². The maximum atomic E-state index is 12.7. The van der Waals surface area contributed by atoms with Crippen LogP contribution in [0.3, 0.4) is 0 Å². The molecule has 0 radical (unpaired) electrons. The molecule has 0 fully saturated rings. The molecule has 0 aliphatic rings. The van der Waals surface area contributed by atoms with E-state index in [9.17, 15) is 13.2 Å². The van der Waals surface area contributed by atoms with Crippen LogP contribution in [0.1, 0.15) is 20.8 Å². The van der Waals surface area contributed by atoms with Gasteiger partial charge in [-0.15, -0.1) is 11.3 Å². The second kappa shape index (κ2) is 7.42. The van der Waals surface area contributed by atoms with Crippen LogP contribution in [0.5, 0.6) is 0 Å². The number of nitrogens with zero attached hydrogens (tertiary/aromatic N) is 2. The van der Waals surface area contributed by atoms with Crippen molar-refractivity contribution >= 4 is 50.0 Å². The van der Waals surface area contributed by atoms with Gasteiger partial charge < -0.3 is 0 Å². The predicted molar refractivity (Wildman–Crippen MR) is 112 cm³/mol. The Morgan fingerprint density at radius 3 is 2.64 bits per heavy atom. The molecule has 0 atom stereocenters. The smallest absolute Gasteiger partial charge is 0.267 e. The van der Waals surface area contributed by atoms with Crippen molar-refractivity contribution in [1.29, 1.82) is 0 Å². The van der Waals surface area contributed by atoms with Crippen molar-refractivity contribution in [3.05, 3.63) is 69.9 Å². The third-order valence-corrected chi connectivity index (χ3v) is 6.84. The Balaban J connectivity index is 1.57. The topological polar surface area (TPSA) is 89.0 Å². The van der Waals surface area contributed by atoms with Gasteiger partial charge in [-0.05, 0) is 35.6 Å². The number of aromatic nitrogens is 2. The monoisotopic (exact) mass is 429 g/mol.